The lowest BCUT2D eigenvalue weighted by Gasteiger charge is -2.34. The highest BCUT2D eigenvalue weighted by atomic mass is 32.2. The van der Waals surface area contributed by atoms with Gasteiger partial charge in [0, 0.05) is 12.2 Å². The van der Waals surface area contributed by atoms with Gasteiger partial charge in [0.25, 0.3) is 21.8 Å². The molecule has 228 valence electrons. The van der Waals surface area contributed by atoms with Crippen LogP contribution in [-0.4, -0.2) is 39.5 Å². The summed E-state index contributed by atoms with van der Waals surface area (Å²) in [5.74, 6) is -0.327. The molecule has 0 radical (unpaired) electrons. The standard InChI is InChI=1S/C31H26F3N3O6S/c32-31(33,34)22-9-6-10-23(17-22)36-44(40,41)25-15-13-24(14-16-25)42-20-29(38)37-19-28(43-27-12-5-4-11-26(27)37)30(39)35-18-21-7-2-1-3-8-21/h1-17,28,36H,18-20H2,(H,35,39)/t28-/m1/s1. The van der Waals surface area contributed by atoms with Crippen molar-refractivity contribution in [1.82, 2.24) is 5.32 Å². The second kappa shape index (κ2) is 12.7. The van der Waals surface area contributed by atoms with Crippen LogP contribution in [0, 0.1) is 0 Å². The van der Waals surface area contributed by atoms with Crippen LogP contribution in [0.15, 0.2) is 108 Å². The van der Waals surface area contributed by atoms with Gasteiger partial charge < -0.3 is 19.7 Å². The molecule has 0 saturated carbocycles. The van der Waals surface area contributed by atoms with Gasteiger partial charge in [0.2, 0.25) is 0 Å². The topological polar surface area (TPSA) is 114 Å². The molecule has 0 spiro atoms. The zero-order valence-corrected chi connectivity index (χ0v) is 23.8. The molecule has 9 nitrogen and oxygen atoms in total. The zero-order chi connectivity index (χ0) is 31.3. The number of carbonyl (C=O) groups excluding carboxylic acids is 2. The highest BCUT2D eigenvalue weighted by molar-refractivity contribution is 7.92. The summed E-state index contributed by atoms with van der Waals surface area (Å²) in [7, 11) is -4.21. The maximum atomic E-state index is 13.2. The summed E-state index contributed by atoms with van der Waals surface area (Å²) in [6.45, 7) is -0.196. The first kappa shape index (κ1) is 30.4. The van der Waals surface area contributed by atoms with Crippen molar-refractivity contribution >= 4 is 33.2 Å². The third kappa shape index (κ3) is 7.29. The number of halogens is 3. The Kier molecular flexibility index (Phi) is 8.76. The summed E-state index contributed by atoms with van der Waals surface area (Å²) in [5.41, 5.74) is 0.135. The molecule has 0 fully saturated rings. The van der Waals surface area contributed by atoms with E-state index in [4.69, 9.17) is 9.47 Å². The van der Waals surface area contributed by atoms with E-state index in [1.165, 1.54) is 35.2 Å². The number of hydrogen-bond acceptors (Lipinski definition) is 6. The summed E-state index contributed by atoms with van der Waals surface area (Å²) in [6.07, 6.45) is -5.59. The molecule has 5 rings (SSSR count). The van der Waals surface area contributed by atoms with Crippen molar-refractivity contribution in [2.24, 2.45) is 0 Å². The maximum absolute atomic E-state index is 13.2. The second-order valence-corrected chi connectivity index (χ2v) is 11.4. The Labute approximate surface area is 251 Å². The molecule has 0 bridgehead atoms. The minimum Gasteiger partial charge on any atom is -0.484 e. The summed E-state index contributed by atoms with van der Waals surface area (Å²) < 4.78 is 78.1. The third-order valence-electron chi connectivity index (χ3n) is 6.62. The molecular formula is C31H26F3N3O6S. The van der Waals surface area contributed by atoms with Crippen molar-refractivity contribution in [1.29, 1.82) is 0 Å². The monoisotopic (exact) mass is 625 g/mol. The van der Waals surface area contributed by atoms with Crippen molar-refractivity contribution in [3.8, 4) is 11.5 Å². The molecule has 1 aliphatic rings. The number of nitrogens with one attached hydrogen (secondary N) is 2. The van der Waals surface area contributed by atoms with Gasteiger partial charge in [0.1, 0.15) is 11.5 Å². The maximum Gasteiger partial charge on any atom is 0.416 e. The van der Waals surface area contributed by atoms with Crippen LogP contribution in [0.1, 0.15) is 11.1 Å². The van der Waals surface area contributed by atoms with Crippen LogP contribution >= 0.6 is 0 Å². The number of carbonyl (C=O) groups is 2. The first-order valence-electron chi connectivity index (χ1n) is 13.3. The number of nitrogens with zero attached hydrogens (tertiary/aromatic N) is 1. The van der Waals surface area contributed by atoms with Gasteiger partial charge in [-0.05, 0) is 60.2 Å². The fourth-order valence-electron chi connectivity index (χ4n) is 4.42. The van der Waals surface area contributed by atoms with E-state index in [0.29, 0.717) is 24.0 Å². The number of fused-ring (bicyclic) bond motifs is 1. The van der Waals surface area contributed by atoms with Gasteiger partial charge in [-0.15, -0.1) is 0 Å². The molecular weight excluding hydrogens is 599 g/mol. The van der Waals surface area contributed by atoms with Gasteiger partial charge in [0.15, 0.2) is 12.7 Å². The average molecular weight is 626 g/mol. The number of amides is 2. The summed E-state index contributed by atoms with van der Waals surface area (Å²) >= 11 is 0. The Balaban J connectivity index is 1.22. The van der Waals surface area contributed by atoms with E-state index in [0.717, 1.165) is 17.7 Å². The van der Waals surface area contributed by atoms with Crippen molar-refractivity contribution in [3.63, 3.8) is 0 Å². The molecule has 2 amide bonds. The van der Waals surface area contributed by atoms with E-state index in [-0.39, 0.29) is 22.9 Å². The number of benzene rings is 4. The predicted octanol–water partition coefficient (Wildman–Crippen LogP) is 5.00. The first-order chi connectivity index (χ1) is 21.0. The molecule has 44 heavy (non-hydrogen) atoms. The van der Waals surface area contributed by atoms with Crippen LogP contribution in [0.3, 0.4) is 0 Å². The number of rotatable bonds is 9. The molecule has 1 heterocycles. The van der Waals surface area contributed by atoms with Crippen molar-refractivity contribution in [3.05, 3.63) is 114 Å². The lowest BCUT2D eigenvalue weighted by molar-refractivity contribution is -0.137. The highest BCUT2D eigenvalue weighted by Crippen LogP contribution is 2.34. The molecule has 0 aromatic heterocycles. The van der Waals surface area contributed by atoms with Crippen LogP contribution in [0.25, 0.3) is 0 Å². The molecule has 0 saturated heterocycles. The van der Waals surface area contributed by atoms with Crippen LogP contribution in [0.5, 0.6) is 11.5 Å². The van der Waals surface area contributed by atoms with Crippen LogP contribution in [0.2, 0.25) is 0 Å². The van der Waals surface area contributed by atoms with Gasteiger partial charge in [-0.3, -0.25) is 14.3 Å². The Bertz CT molecular complexity index is 1750. The van der Waals surface area contributed by atoms with Gasteiger partial charge in [-0.1, -0.05) is 48.5 Å². The minimum absolute atomic E-state index is 0.0573. The van der Waals surface area contributed by atoms with E-state index in [2.05, 4.69) is 10.0 Å². The predicted molar refractivity (Wildman–Crippen MR) is 156 cm³/mol. The summed E-state index contributed by atoms with van der Waals surface area (Å²) in [5, 5.41) is 2.82. The van der Waals surface area contributed by atoms with Crippen LogP contribution in [-0.2, 0) is 32.3 Å². The molecule has 13 heteroatoms. The fraction of sp³-hybridized carbons (Fsp3) is 0.161. The van der Waals surface area contributed by atoms with Gasteiger partial charge in [0.05, 0.1) is 22.7 Å². The van der Waals surface area contributed by atoms with Crippen molar-refractivity contribution in [2.75, 3.05) is 22.8 Å². The van der Waals surface area contributed by atoms with E-state index < -0.39 is 46.3 Å². The zero-order valence-electron chi connectivity index (χ0n) is 23.0. The third-order valence-corrected chi connectivity index (χ3v) is 8.01. The number of hydrogen-bond donors (Lipinski definition) is 2. The fourth-order valence-corrected chi connectivity index (χ4v) is 5.47. The van der Waals surface area contributed by atoms with Crippen molar-refractivity contribution < 1.29 is 40.7 Å². The number of para-hydroxylation sites is 2. The smallest absolute Gasteiger partial charge is 0.416 e. The minimum atomic E-state index is -4.63. The average Bonchev–Trinajstić information content (AvgIpc) is 3.02. The van der Waals surface area contributed by atoms with Gasteiger partial charge in [-0.25, -0.2) is 8.42 Å². The number of anilines is 2. The summed E-state index contributed by atoms with van der Waals surface area (Å²) in [4.78, 5) is 27.3. The quantitative estimate of drug-likeness (QED) is 0.271. The Hall–Kier alpha value is -5.04. The lowest BCUT2D eigenvalue weighted by atomic mass is 10.1. The molecule has 2 N–H and O–H groups in total. The molecule has 0 unspecified atom stereocenters. The molecule has 0 aliphatic carbocycles. The normalized spacial score (nSPS) is 14.6. The van der Waals surface area contributed by atoms with Gasteiger partial charge >= 0.3 is 6.18 Å². The Morgan fingerprint density at radius 3 is 2.34 bits per heavy atom. The van der Waals surface area contributed by atoms with Crippen LogP contribution in [0.4, 0.5) is 24.5 Å². The Morgan fingerprint density at radius 1 is 0.909 bits per heavy atom. The van der Waals surface area contributed by atoms with Crippen molar-refractivity contribution in [2.45, 2.75) is 23.7 Å². The Morgan fingerprint density at radius 2 is 1.61 bits per heavy atom. The van der Waals surface area contributed by atoms with E-state index in [1.807, 2.05) is 30.3 Å². The molecule has 1 aliphatic heterocycles. The first-order valence-corrected chi connectivity index (χ1v) is 14.8. The van der Waals surface area contributed by atoms with Gasteiger partial charge in [-0.2, -0.15) is 13.2 Å². The molecule has 4 aromatic rings. The number of sulfonamides is 1. The lowest BCUT2D eigenvalue weighted by Crippen LogP contribution is -2.51. The van der Waals surface area contributed by atoms with E-state index in [9.17, 15) is 31.2 Å². The molecule has 4 aromatic carbocycles. The van der Waals surface area contributed by atoms with E-state index >= 15 is 0 Å². The van der Waals surface area contributed by atoms with E-state index in [1.54, 1.807) is 24.3 Å². The number of ether oxygens (including phenoxy) is 2. The second-order valence-electron chi connectivity index (χ2n) is 9.73. The SMILES string of the molecule is O=C(NCc1ccccc1)[C@H]1CN(C(=O)COc2ccc(S(=O)(=O)Nc3cccc(C(F)(F)F)c3)cc2)c2ccccc2O1. The largest absolute Gasteiger partial charge is 0.484 e. The summed E-state index contributed by atoms with van der Waals surface area (Å²) in [6, 6.07) is 25.0. The van der Waals surface area contributed by atoms with Crippen LogP contribution < -0.4 is 24.4 Å². The number of alkyl halides is 3. The molecule has 1 atom stereocenters. The highest BCUT2D eigenvalue weighted by Gasteiger charge is 2.34.